The number of hydrogen-bond acceptors (Lipinski definition) is 6. The van der Waals surface area contributed by atoms with Crippen LogP contribution in [0.15, 0.2) is 47.6 Å². The molecule has 0 bridgehead atoms. The number of carbonyl (C=O) groups excluding carboxylic acids is 1. The van der Waals surface area contributed by atoms with Gasteiger partial charge in [0, 0.05) is 35.0 Å². The molecular weight excluding hydrogens is 446 g/mol. The monoisotopic (exact) mass is 470 g/mol. The number of aromatic nitrogens is 2. The average molecular weight is 471 g/mol. The van der Waals surface area contributed by atoms with Crippen LogP contribution in [0.2, 0.25) is 0 Å². The molecule has 0 aliphatic heterocycles. The number of fused-ring (bicyclic) bond motifs is 3. The Kier molecular flexibility index (Phi) is 6.76. The first-order chi connectivity index (χ1) is 15.8. The van der Waals surface area contributed by atoms with E-state index in [0.29, 0.717) is 23.4 Å². The van der Waals surface area contributed by atoms with Crippen molar-refractivity contribution in [3.8, 4) is 17.1 Å². The van der Waals surface area contributed by atoms with E-state index < -0.39 is 17.4 Å². The van der Waals surface area contributed by atoms with Gasteiger partial charge in [-0.15, -0.1) is 0 Å². The average Bonchev–Trinajstić information content (AvgIpc) is 2.78. The third-order valence-electron chi connectivity index (χ3n) is 5.54. The normalized spacial score (nSPS) is 13.8. The van der Waals surface area contributed by atoms with Gasteiger partial charge in [-0.05, 0) is 30.2 Å². The van der Waals surface area contributed by atoms with Gasteiger partial charge in [0.2, 0.25) is 5.88 Å². The number of hydrogen-bond donors (Lipinski definition) is 0. The molecule has 0 N–H and O–H groups in total. The molecule has 1 aliphatic carbocycles. The summed E-state index contributed by atoms with van der Waals surface area (Å²) in [6.45, 7) is 4.37. The molecule has 4 rings (SSSR count). The molecule has 5 nitrogen and oxygen atoms in total. The highest BCUT2D eigenvalue weighted by Gasteiger charge is 2.36. The van der Waals surface area contributed by atoms with Crippen molar-refractivity contribution in [2.45, 2.75) is 30.8 Å². The third-order valence-corrected chi connectivity index (χ3v) is 6.35. The van der Waals surface area contributed by atoms with E-state index in [4.69, 9.17) is 14.5 Å². The first kappa shape index (κ1) is 23.3. The number of Topliss-reactive ketones (excluding diaryl/α,β-unsaturated/α-hetero) is 1. The minimum absolute atomic E-state index is 0.0381. The van der Waals surface area contributed by atoms with Crippen molar-refractivity contribution < 1.29 is 23.0 Å². The van der Waals surface area contributed by atoms with Crippen LogP contribution in [0.5, 0.6) is 5.88 Å². The van der Waals surface area contributed by atoms with Crippen LogP contribution < -0.4 is 4.74 Å². The number of thioether (sulfide) groups is 1. The highest BCUT2D eigenvalue weighted by molar-refractivity contribution is 7.99. The highest BCUT2D eigenvalue weighted by Crippen LogP contribution is 2.46. The number of methoxy groups -OCH3 is 1. The molecule has 0 amide bonds. The molecule has 0 spiro atoms. The minimum Gasteiger partial charge on any atom is -0.469 e. The topological polar surface area (TPSA) is 61.3 Å². The van der Waals surface area contributed by atoms with Gasteiger partial charge in [0.15, 0.2) is 29.2 Å². The van der Waals surface area contributed by atoms with Crippen molar-refractivity contribution in [2.24, 2.45) is 0 Å². The van der Waals surface area contributed by atoms with Crippen molar-refractivity contribution in [2.75, 3.05) is 26.1 Å². The molecule has 1 aromatic heterocycles. The van der Waals surface area contributed by atoms with Gasteiger partial charge in [0.05, 0.1) is 12.3 Å². The SMILES string of the molecule is COCCSc1nc(OCC(=O)c2ccc(F)c(F)c2)c2c(n1)-c1ccccc1CC2(C)C. The lowest BCUT2D eigenvalue weighted by atomic mass is 9.72. The van der Waals surface area contributed by atoms with Crippen molar-refractivity contribution in [1.82, 2.24) is 9.97 Å². The van der Waals surface area contributed by atoms with E-state index in [1.54, 1.807) is 7.11 Å². The maximum Gasteiger partial charge on any atom is 0.222 e. The number of halogens is 2. The van der Waals surface area contributed by atoms with Gasteiger partial charge < -0.3 is 9.47 Å². The number of ketones is 1. The highest BCUT2D eigenvalue weighted by atomic mass is 32.2. The van der Waals surface area contributed by atoms with Crippen molar-refractivity contribution >= 4 is 17.5 Å². The lowest BCUT2D eigenvalue weighted by molar-refractivity contribution is 0.0914. The molecule has 0 saturated heterocycles. The van der Waals surface area contributed by atoms with E-state index in [-0.39, 0.29) is 17.6 Å². The molecule has 0 saturated carbocycles. The largest absolute Gasteiger partial charge is 0.469 e. The minimum atomic E-state index is -1.07. The lowest BCUT2D eigenvalue weighted by Crippen LogP contribution is -2.28. The number of benzene rings is 2. The first-order valence-electron chi connectivity index (χ1n) is 10.5. The molecule has 1 aliphatic rings. The Morgan fingerprint density at radius 1 is 1.12 bits per heavy atom. The van der Waals surface area contributed by atoms with Crippen LogP contribution in [-0.2, 0) is 16.6 Å². The zero-order chi connectivity index (χ0) is 23.6. The van der Waals surface area contributed by atoms with E-state index in [1.165, 1.54) is 23.4 Å². The zero-order valence-corrected chi connectivity index (χ0v) is 19.5. The van der Waals surface area contributed by atoms with Gasteiger partial charge in [0.1, 0.15) is 0 Å². The zero-order valence-electron chi connectivity index (χ0n) is 18.7. The Morgan fingerprint density at radius 2 is 1.91 bits per heavy atom. The molecule has 0 unspecified atom stereocenters. The van der Waals surface area contributed by atoms with E-state index in [0.717, 1.165) is 35.4 Å². The fraction of sp³-hybridized carbons (Fsp3) is 0.320. The lowest BCUT2D eigenvalue weighted by Gasteiger charge is -2.34. The van der Waals surface area contributed by atoms with E-state index in [1.807, 2.05) is 18.2 Å². The summed E-state index contributed by atoms with van der Waals surface area (Å²) in [6, 6.07) is 11.1. The maximum absolute atomic E-state index is 13.6. The second-order valence-corrected chi connectivity index (χ2v) is 9.50. The molecule has 33 heavy (non-hydrogen) atoms. The first-order valence-corrected chi connectivity index (χ1v) is 11.5. The summed E-state index contributed by atoms with van der Waals surface area (Å²) in [5, 5.41) is 0.522. The smallest absolute Gasteiger partial charge is 0.222 e. The Bertz CT molecular complexity index is 1200. The maximum atomic E-state index is 13.6. The molecule has 0 fully saturated rings. The summed E-state index contributed by atoms with van der Waals surface area (Å²) < 4.78 is 37.9. The quantitative estimate of drug-likeness (QED) is 0.194. The molecule has 3 aromatic rings. The molecule has 0 radical (unpaired) electrons. The van der Waals surface area contributed by atoms with Crippen molar-refractivity contribution in [1.29, 1.82) is 0 Å². The Morgan fingerprint density at radius 3 is 2.67 bits per heavy atom. The Hall–Kier alpha value is -2.84. The molecule has 0 atom stereocenters. The molecule has 172 valence electrons. The van der Waals surface area contributed by atoms with Gasteiger partial charge in [-0.1, -0.05) is 49.9 Å². The fourth-order valence-electron chi connectivity index (χ4n) is 3.97. The molecule has 2 aromatic carbocycles. The van der Waals surface area contributed by atoms with Gasteiger partial charge in [-0.25, -0.2) is 13.8 Å². The van der Waals surface area contributed by atoms with Crippen LogP contribution in [0.1, 0.15) is 35.3 Å². The molecular formula is C25H24F2N2O3S. The summed E-state index contributed by atoms with van der Waals surface area (Å²) in [5.74, 6) is -1.56. The number of carbonyl (C=O) groups is 1. The van der Waals surface area contributed by atoms with Gasteiger partial charge in [0.25, 0.3) is 0 Å². The summed E-state index contributed by atoms with van der Waals surface area (Å²) in [7, 11) is 1.63. The fourth-order valence-corrected chi connectivity index (χ4v) is 4.70. The second-order valence-electron chi connectivity index (χ2n) is 8.43. The number of ether oxygens (including phenoxy) is 2. The Balaban J connectivity index is 1.71. The van der Waals surface area contributed by atoms with Gasteiger partial charge in [-0.3, -0.25) is 4.79 Å². The summed E-state index contributed by atoms with van der Waals surface area (Å²) >= 11 is 1.44. The predicted octanol–water partition coefficient (Wildman–Crippen LogP) is 5.26. The van der Waals surface area contributed by atoms with Crippen molar-refractivity contribution in [3.63, 3.8) is 0 Å². The van der Waals surface area contributed by atoms with Crippen LogP contribution >= 0.6 is 11.8 Å². The van der Waals surface area contributed by atoms with Crippen LogP contribution in [-0.4, -0.2) is 41.8 Å². The number of rotatable bonds is 8. The summed E-state index contributed by atoms with van der Waals surface area (Å²) in [6.07, 6.45) is 0.767. The summed E-state index contributed by atoms with van der Waals surface area (Å²) in [4.78, 5) is 22.1. The van der Waals surface area contributed by atoms with Crippen LogP contribution in [0.3, 0.4) is 0 Å². The van der Waals surface area contributed by atoms with E-state index in [2.05, 4.69) is 24.9 Å². The van der Waals surface area contributed by atoms with E-state index in [9.17, 15) is 13.6 Å². The Labute approximate surface area is 195 Å². The van der Waals surface area contributed by atoms with Crippen LogP contribution in [0.4, 0.5) is 8.78 Å². The standard InChI is InChI=1S/C25H24F2N2O3S/c1-25(2)13-16-6-4-5-7-17(16)22-21(25)23(29-24(28-22)33-11-10-31-3)32-14-20(30)15-8-9-18(26)19(27)12-15/h4-9,12H,10-11,13-14H2,1-3H3. The van der Waals surface area contributed by atoms with Crippen LogP contribution in [0, 0.1) is 11.6 Å². The summed E-state index contributed by atoms with van der Waals surface area (Å²) in [5.41, 5.74) is 3.52. The predicted molar refractivity (Wildman–Crippen MR) is 123 cm³/mol. The molecule has 1 heterocycles. The van der Waals surface area contributed by atoms with E-state index >= 15 is 0 Å². The van der Waals surface area contributed by atoms with Crippen molar-refractivity contribution in [3.05, 3.63) is 70.8 Å². The molecule has 8 heteroatoms. The number of nitrogens with zero attached hydrogens (tertiary/aromatic N) is 2. The van der Waals surface area contributed by atoms with Gasteiger partial charge in [-0.2, -0.15) is 4.98 Å². The van der Waals surface area contributed by atoms with Gasteiger partial charge >= 0.3 is 0 Å². The van der Waals surface area contributed by atoms with Crippen LogP contribution in [0.25, 0.3) is 11.3 Å². The second kappa shape index (κ2) is 9.57. The third kappa shape index (κ3) is 4.91.